The van der Waals surface area contributed by atoms with Gasteiger partial charge in [-0.1, -0.05) is 37.6 Å². The average molecular weight is 433 g/mol. The van der Waals surface area contributed by atoms with Crippen molar-refractivity contribution in [3.8, 4) is 11.5 Å². The predicted molar refractivity (Wildman–Crippen MR) is 118 cm³/mol. The standard InChI is InChI=1S/C22H32N4O3S/c1-5-26-20(13-29-18-11-10-15(2)12-19(18)28-4)24-25-22(26)30-14-21(27)23-17-9-7-6-8-16(17)3/h10-12,16-17H,5-9,13-14H2,1-4H3,(H,23,27)/t16-,17-/m0/s1. The Morgan fingerprint density at radius 2 is 2.07 bits per heavy atom. The summed E-state index contributed by atoms with van der Waals surface area (Å²) in [6.07, 6.45) is 4.73. The highest BCUT2D eigenvalue weighted by Gasteiger charge is 2.23. The predicted octanol–water partition coefficient (Wildman–Crippen LogP) is 3.98. The molecule has 1 aromatic heterocycles. The van der Waals surface area contributed by atoms with E-state index in [1.807, 2.05) is 36.6 Å². The van der Waals surface area contributed by atoms with E-state index in [0.29, 0.717) is 35.8 Å². The van der Waals surface area contributed by atoms with Gasteiger partial charge in [0.15, 0.2) is 22.5 Å². The zero-order valence-corrected chi connectivity index (χ0v) is 19.1. The third kappa shape index (κ3) is 5.68. The van der Waals surface area contributed by atoms with Crippen molar-refractivity contribution in [3.63, 3.8) is 0 Å². The van der Waals surface area contributed by atoms with Gasteiger partial charge in [0.1, 0.15) is 6.61 Å². The van der Waals surface area contributed by atoms with Crippen LogP contribution in [0.15, 0.2) is 23.4 Å². The first-order chi connectivity index (χ1) is 14.5. The molecular weight excluding hydrogens is 400 g/mol. The maximum absolute atomic E-state index is 12.4. The van der Waals surface area contributed by atoms with Crippen LogP contribution in [0.3, 0.4) is 0 Å². The van der Waals surface area contributed by atoms with Gasteiger partial charge in [0.25, 0.3) is 0 Å². The monoisotopic (exact) mass is 432 g/mol. The van der Waals surface area contributed by atoms with E-state index in [1.54, 1.807) is 7.11 Å². The van der Waals surface area contributed by atoms with E-state index in [0.717, 1.165) is 23.0 Å². The molecule has 1 fully saturated rings. The molecule has 30 heavy (non-hydrogen) atoms. The minimum absolute atomic E-state index is 0.0617. The van der Waals surface area contributed by atoms with Crippen LogP contribution in [0.25, 0.3) is 0 Å². The lowest BCUT2D eigenvalue weighted by Gasteiger charge is -2.29. The van der Waals surface area contributed by atoms with Gasteiger partial charge in [0.2, 0.25) is 5.91 Å². The van der Waals surface area contributed by atoms with E-state index in [-0.39, 0.29) is 12.5 Å². The summed E-state index contributed by atoms with van der Waals surface area (Å²) in [5, 5.41) is 12.5. The molecule has 8 heteroatoms. The van der Waals surface area contributed by atoms with Crippen molar-refractivity contribution < 1.29 is 14.3 Å². The van der Waals surface area contributed by atoms with Crippen LogP contribution in [-0.2, 0) is 17.9 Å². The van der Waals surface area contributed by atoms with E-state index < -0.39 is 0 Å². The molecule has 0 unspecified atom stereocenters. The van der Waals surface area contributed by atoms with Crippen molar-refractivity contribution in [2.75, 3.05) is 12.9 Å². The van der Waals surface area contributed by atoms with Gasteiger partial charge in [-0.2, -0.15) is 0 Å². The Kier molecular flexibility index (Phi) is 8.01. The number of aromatic nitrogens is 3. The lowest BCUT2D eigenvalue weighted by atomic mass is 9.86. The highest BCUT2D eigenvalue weighted by molar-refractivity contribution is 7.99. The number of carbonyl (C=O) groups is 1. The number of amides is 1. The molecule has 1 amide bonds. The molecule has 7 nitrogen and oxygen atoms in total. The number of hydrogen-bond acceptors (Lipinski definition) is 6. The fourth-order valence-electron chi connectivity index (χ4n) is 3.80. The SMILES string of the molecule is CCn1c(COc2ccc(C)cc2OC)nnc1SCC(=O)N[C@H]1CCCC[C@@H]1C. The van der Waals surface area contributed by atoms with Crippen molar-refractivity contribution in [3.05, 3.63) is 29.6 Å². The number of ether oxygens (including phenoxy) is 2. The number of aryl methyl sites for hydroxylation is 1. The summed E-state index contributed by atoms with van der Waals surface area (Å²) in [6, 6.07) is 6.11. The van der Waals surface area contributed by atoms with E-state index in [4.69, 9.17) is 9.47 Å². The molecule has 0 saturated heterocycles. The van der Waals surface area contributed by atoms with Gasteiger partial charge in [0, 0.05) is 12.6 Å². The van der Waals surface area contributed by atoms with Crippen molar-refractivity contribution in [1.29, 1.82) is 0 Å². The summed E-state index contributed by atoms with van der Waals surface area (Å²) in [6.45, 7) is 7.26. The summed E-state index contributed by atoms with van der Waals surface area (Å²) < 4.78 is 13.3. The second kappa shape index (κ2) is 10.7. The molecule has 1 saturated carbocycles. The molecule has 2 atom stereocenters. The maximum atomic E-state index is 12.4. The molecule has 1 N–H and O–H groups in total. The van der Waals surface area contributed by atoms with E-state index in [9.17, 15) is 4.79 Å². The van der Waals surface area contributed by atoms with Gasteiger partial charge in [-0.25, -0.2) is 0 Å². The summed E-state index contributed by atoms with van der Waals surface area (Å²) in [7, 11) is 1.63. The minimum Gasteiger partial charge on any atom is -0.493 e. The fraction of sp³-hybridized carbons (Fsp3) is 0.591. The third-order valence-electron chi connectivity index (χ3n) is 5.58. The Labute approximate surface area is 182 Å². The highest BCUT2D eigenvalue weighted by atomic mass is 32.2. The Hall–Kier alpha value is -2.22. The topological polar surface area (TPSA) is 78.3 Å². The second-order valence-electron chi connectivity index (χ2n) is 7.81. The second-order valence-corrected chi connectivity index (χ2v) is 8.75. The minimum atomic E-state index is 0.0617. The first-order valence-electron chi connectivity index (χ1n) is 10.6. The number of thioether (sulfide) groups is 1. The molecule has 1 heterocycles. The lowest BCUT2D eigenvalue weighted by molar-refractivity contribution is -0.119. The van der Waals surface area contributed by atoms with Crippen LogP contribution in [0, 0.1) is 12.8 Å². The maximum Gasteiger partial charge on any atom is 0.230 e. The number of benzene rings is 1. The molecule has 0 spiro atoms. The smallest absolute Gasteiger partial charge is 0.230 e. The third-order valence-corrected chi connectivity index (χ3v) is 6.54. The van der Waals surface area contributed by atoms with Crippen molar-refractivity contribution in [1.82, 2.24) is 20.1 Å². The zero-order valence-electron chi connectivity index (χ0n) is 18.3. The Morgan fingerprint density at radius 1 is 1.27 bits per heavy atom. The van der Waals surface area contributed by atoms with Crippen LogP contribution in [0.2, 0.25) is 0 Å². The van der Waals surface area contributed by atoms with E-state index in [2.05, 4.69) is 22.4 Å². The number of hydrogen-bond donors (Lipinski definition) is 1. The van der Waals surface area contributed by atoms with Crippen molar-refractivity contribution >= 4 is 17.7 Å². The van der Waals surface area contributed by atoms with Crippen LogP contribution in [0.5, 0.6) is 11.5 Å². The Bertz CT molecular complexity index is 855. The van der Waals surface area contributed by atoms with Gasteiger partial charge in [-0.3, -0.25) is 4.79 Å². The lowest BCUT2D eigenvalue weighted by Crippen LogP contribution is -2.41. The summed E-state index contributed by atoms with van der Waals surface area (Å²) in [5.41, 5.74) is 1.11. The molecular formula is C22H32N4O3S. The molecule has 3 rings (SSSR count). The van der Waals surface area contributed by atoms with Crippen LogP contribution in [-0.4, -0.2) is 39.6 Å². The molecule has 2 aromatic rings. The van der Waals surface area contributed by atoms with Gasteiger partial charge in [-0.05, 0) is 50.3 Å². The molecule has 0 aliphatic heterocycles. The van der Waals surface area contributed by atoms with Crippen LogP contribution < -0.4 is 14.8 Å². The Morgan fingerprint density at radius 3 is 2.80 bits per heavy atom. The Balaban J connectivity index is 1.57. The summed E-state index contributed by atoms with van der Waals surface area (Å²) in [5.74, 6) is 3.04. The van der Waals surface area contributed by atoms with Crippen LogP contribution >= 0.6 is 11.8 Å². The highest BCUT2D eigenvalue weighted by Crippen LogP contribution is 2.29. The first kappa shape index (κ1) is 22.5. The quantitative estimate of drug-likeness (QED) is 0.604. The zero-order chi connectivity index (χ0) is 21.5. The molecule has 0 bridgehead atoms. The van der Waals surface area contributed by atoms with E-state index >= 15 is 0 Å². The van der Waals surface area contributed by atoms with Crippen molar-refractivity contribution in [2.24, 2.45) is 5.92 Å². The normalized spacial score (nSPS) is 18.8. The van der Waals surface area contributed by atoms with Crippen molar-refractivity contribution in [2.45, 2.75) is 70.8 Å². The largest absolute Gasteiger partial charge is 0.493 e. The fourth-order valence-corrected chi connectivity index (χ4v) is 4.63. The molecule has 0 radical (unpaired) electrons. The van der Waals surface area contributed by atoms with Gasteiger partial charge < -0.3 is 19.4 Å². The van der Waals surface area contributed by atoms with Gasteiger partial charge >= 0.3 is 0 Å². The number of rotatable bonds is 9. The number of carbonyl (C=O) groups excluding carboxylic acids is 1. The van der Waals surface area contributed by atoms with Gasteiger partial charge in [0.05, 0.1) is 12.9 Å². The summed E-state index contributed by atoms with van der Waals surface area (Å²) >= 11 is 1.42. The summed E-state index contributed by atoms with van der Waals surface area (Å²) in [4.78, 5) is 12.4. The van der Waals surface area contributed by atoms with Crippen LogP contribution in [0.4, 0.5) is 0 Å². The number of methoxy groups -OCH3 is 1. The first-order valence-corrected chi connectivity index (χ1v) is 11.6. The number of nitrogens with zero attached hydrogens (tertiary/aromatic N) is 3. The average Bonchev–Trinajstić information content (AvgIpc) is 3.14. The van der Waals surface area contributed by atoms with Gasteiger partial charge in [-0.15, -0.1) is 10.2 Å². The molecule has 1 aliphatic rings. The molecule has 1 aliphatic carbocycles. The number of nitrogens with one attached hydrogen (secondary N) is 1. The molecule has 164 valence electrons. The van der Waals surface area contributed by atoms with E-state index in [1.165, 1.54) is 31.0 Å². The van der Waals surface area contributed by atoms with Crippen LogP contribution in [0.1, 0.15) is 50.9 Å². The molecule has 1 aromatic carbocycles.